The largest absolute Gasteiger partial charge is 0.313 e. The number of hydrogen-bond donors (Lipinski definition) is 1. The van der Waals surface area contributed by atoms with E-state index >= 15 is 0 Å². The van der Waals surface area contributed by atoms with Crippen LogP contribution in [0.4, 0.5) is 13.2 Å². The highest BCUT2D eigenvalue weighted by atomic mass is 19.1. The third-order valence-electron chi connectivity index (χ3n) is 2.32. The summed E-state index contributed by atoms with van der Waals surface area (Å²) < 4.78 is 39.4. The Hall–Kier alpha value is -1.03. The second-order valence-electron chi connectivity index (χ2n) is 3.41. The third-order valence-corrected chi connectivity index (χ3v) is 2.32. The van der Waals surface area contributed by atoms with Gasteiger partial charge in [0.2, 0.25) is 0 Å². The van der Waals surface area contributed by atoms with Gasteiger partial charge in [0.05, 0.1) is 0 Å². The van der Waals surface area contributed by atoms with Gasteiger partial charge < -0.3 is 5.32 Å². The second kappa shape index (κ2) is 5.16. The van der Waals surface area contributed by atoms with Gasteiger partial charge in [-0.25, -0.2) is 13.2 Å². The molecule has 1 rings (SSSR count). The van der Waals surface area contributed by atoms with Gasteiger partial charge in [0.25, 0.3) is 0 Å². The molecule has 0 spiro atoms. The quantitative estimate of drug-likeness (QED) is 0.816. The first-order valence-corrected chi connectivity index (χ1v) is 4.91. The minimum Gasteiger partial charge on any atom is -0.313 e. The Bertz CT molecular complexity index is 316. The van der Waals surface area contributed by atoms with Crippen LogP contribution in [0.5, 0.6) is 0 Å². The topological polar surface area (TPSA) is 12.0 Å². The molecule has 15 heavy (non-hydrogen) atoms. The molecule has 4 heteroatoms. The summed E-state index contributed by atoms with van der Waals surface area (Å²) in [5, 5.41) is 2.82. The highest BCUT2D eigenvalue weighted by Crippen LogP contribution is 2.24. The van der Waals surface area contributed by atoms with Crippen molar-refractivity contribution in [2.24, 2.45) is 0 Å². The molecule has 1 nitrogen and oxygen atoms in total. The van der Waals surface area contributed by atoms with Gasteiger partial charge in [-0.2, -0.15) is 0 Å². The maximum absolute atomic E-state index is 13.4. The van der Waals surface area contributed by atoms with Gasteiger partial charge in [0, 0.05) is 23.7 Å². The molecule has 84 valence electrons. The third kappa shape index (κ3) is 2.72. The molecule has 0 heterocycles. The molecule has 0 fully saturated rings. The van der Waals surface area contributed by atoms with E-state index in [1.807, 2.05) is 6.92 Å². The molecule has 0 amide bonds. The maximum Gasteiger partial charge on any atom is 0.133 e. The van der Waals surface area contributed by atoms with E-state index in [0.29, 0.717) is 18.6 Å². The SMILES string of the molecule is CCCC(NC)c1c(F)cc(F)cc1F. The average molecular weight is 217 g/mol. The molecule has 1 aromatic rings. The van der Waals surface area contributed by atoms with Crippen molar-refractivity contribution in [3.05, 3.63) is 35.1 Å². The van der Waals surface area contributed by atoms with Gasteiger partial charge >= 0.3 is 0 Å². The molecule has 0 aliphatic carbocycles. The van der Waals surface area contributed by atoms with Gasteiger partial charge in [0.15, 0.2) is 0 Å². The van der Waals surface area contributed by atoms with E-state index in [-0.39, 0.29) is 5.56 Å². The monoisotopic (exact) mass is 217 g/mol. The van der Waals surface area contributed by atoms with Gasteiger partial charge in [-0.3, -0.25) is 0 Å². The second-order valence-corrected chi connectivity index (χ2v) is 3.41. The van der Waals surface area contributed by atoms with Crippen LogP contribution in [0, 0.1) is 17.5 Å². The number of hydrogen-bond acceptors (Lipinski definition) is 1. The summed E-state index contributed by atoms with van der Waals surface area (Å²) in [6, 6.07) is 1.01. The predicted octanol–water partition coefficient (Wildman–Crippen LogP) is 3.16. The van der Waals surface area contributed by atoms with Gasteiger partial charge in [-0.05, 0) is 13.5 Å². The van der Waals surface area contributed by atoms with Crippen molar-refractivity contribution in [2.45, 2.75) is 25.8 Å². The Morgan fingerprint density at radius 1 is 1.20 bits per heavy atom. The van der Waals surface area contributed by atoms with Crippen molar-refractivity contribution >= 4 is 0 Å². The Labute approximate surface area is 87.3 Å². The number of benzene rings is 1. The molecule has 1 unspecified atom stereocenters. The van der Waals surface area contributed by atoms with Gasteiger partial charge in [0.1, 0.15) is 17.5 Å². The highest BCUT2D eigenvalue weighted by Gasteiger charge is 2.19. The fraction of sp³-hybridized carbons (Fsp3) is 0.455. The zero-order valence-corrected chi connectivity index (χ0v) is 8.78. The molecule has 0 bridgehead atoms. The zero-order chi connectivity index (χ0) is 11.4. The fourth-order valence-corrected chi connectivity index (χ4v) is 1.61. The van der Waals surface area contributed by atoms with E-state index in [1.165, 1.54) is 0 Å². The molecule has 0 saturated heterocycles. The summed E-state index contributed by atoms with van der Waals surface area (Å²) >= 11 is 0. The lowest BCUT2D eigenvalue weighted by atomic mass is 10.0. The summed E-state index contributed by atoms with van der Waals surface area (Å²) in [7, 11) is 1.63. The van der Waals surface area contributed by atoms with Crippen molar-refractivity contribution in [1.82, 2.24) is 5.32 Å². The van der Waals surface area contributed by atoms with Crippen molar-refractivity contribution < 1.29 is 13.2 Å². The lowest BCUT2D eigenvalue weighted by molar-refractivity contribution is 0.458. The van der Waals surface area contributed by atoms with Crippen LogP contribution in [0.3, 0.4) is 0 Å². The van der Waals surface area contributed by atoms with E-state index in [4.69, 9.17) is 0 Å². The smallest absolute Gasteiger partial charge is 0.133 e. The van der Waals surface area contributed by atoms with E-state index in [0.717, 1.165) is 6.42 Å². The number of halogens is 3. The van der Waals surface area contributed by atoms with E-state index < -0.39 is 23.5 Å². The summed E-state index contributed by atoms with van der Waals surface area (Å²) in [5.74, 6) is -2.55. The molecule has 1 N–H and O–H groups in total. The Kier molecular flexibility index (Phi) is 4.15. The predicted molar refractivity (Wildman–Crippen MR) is 53.0 cm³/mol. The van der Waals surface area contributed by atoms with Crippen LogP contribution in [-0.2, 0) is 0 Å². The van der Waals surface area contributed by atoms with E-state index in [1.54, 1.807) is 7.05 Å². The van der Waals surface area contributed by atoms with Crippen LogP contribution in [0.1, 0.15) is 31.4 Å². The van der Waals surface area contributed by atoms with Crippen molar-refractivity contribution in [3.63, 3.8) is 0 Å². The molecule has 1 atom stereocenters. The molecule has 0 saturated carbocycles. The molecule has 0 aromatic heterocycles. The molecular weight excluding hydrogens is 203 g/mol. The van der Waals surface area contributed by atoms with Crippen molar-refractivity contribution in [3.8, 4) is 0 Å². The summed E-state index contributed by atoms with van der Waals surface area (Å²) in [4.78, 5) is 0. The number of rotatable bonds is 4. The van der Waals surface area contributed by atoms with Crippen LogP contribution in [0.25, 0.3) is 0 Å². The average Bonchev–Trinajstić information content (AvgIpc) is 2.14. The zero-order valence-electron chi connectivity index (χ0n) is 8.78. The van der Waals surface area contributed by atoms with Crippen LogP contribution in [0.15, 0.2) is 12.1 Å². The first-order chi connectivity index (χ1) is 7.10. The minimum absolute atomic E-state index is 0.0826. The highest BCUT2D eigenvalue weighted by molar-refractivity contribution is 5.24. The van der Waals surface area contributed by atoms with Crippen LogP contribution in [0.2, 0.25) is 0 Å². The lowest BCUT2D eigenvalue weighted by Crippen LogP contribution is -2.19. The molecular formula is C11H14F3N. The molecule has 1 aromatic carbocycles. The molecule has 0 radical (unpaired) electrons. The standard InChI is InChI=1S/C11H14F3N/c1-3-4-10(15-2)11-8(13)5-7(12)6-9(11)14/h5-6,10,15H,3-4H2,1-2H3. The summed E-state index contributed by atoms with van der Waals surface area (Å²) in [5.41, 5.74) is -0.0826. The Morgan fingerprint density at radius 3 is 2.13 bits per heavy atom. The lowest BCUT2D eigenvalue weighted by Gasteiger charge is -2.17. The fourth-order valence-electron chi connectivity index (χ4n) is 1.61. The van der Waals surface area contributed by atoms with Crippen LogP contribution < -0.4 is 5.32 Å². The summed E-state index contributed by atoms with van der Waals surface area (Å²) in [6.07, 6.45) is 1.40. The van der Waals surface area contributed by atoms with Crippen molar-refractivity contribution in [2.75, 3.05) is 7.05 Å². The maximum atomic E-state index is 13.4. The van der Waals surface area contributed by atoms with Crippen molar-refractivity contribution in [1.29, 1.82) is 0 Å². The molecule has 0 aliphatic rings. The molecule has 0 aliphatic heterocycles. The summed E-state index contributed by atoms with van der Waals surface area (Å²) in [6.45, 7) is 1.92. The van der Waals surface area contributed by atoms with Gasteiger partial charge in [-0.1, -0.05) is 13.3 Å². The Balaban J connectivity index is 3.11. The Morgan fingerprint density at radius 2 is 1.73 bits per heavy atom. The minimum atomic E-state index is -0.889. The van der Waals surface area contributed by atoms with E-state index in [9.17, 15) is 13.2 Å². The van der Waals surface area contributed by atoms with Gasteiger partial charge in [-0.15, -0.1) is 0 Å². The number of nitrogens with one attached hydrogen (secondary N) is 1. The van der Waals surface area contributed by atoms with E-state index in [2.05, 4.69) is 5.32 Å². The first kappa shape index (κ1) is 12.0. The van der Waals surface area contributed by atoms with Crippen LogP contribution in [-0.4, -0.2) is 7.05 Å². The normalized spacial score (nSPS) is 12.9. The van der Waals surface area contributed by atoms with Crippen LogP contribution >= 0.6 is 0 Å². The first-order valence-electron chi connectivity index (χ1n) is 4.91.